The number of nitrogens with zero attached hydrogens (tertiary/aromatic N) is 2. The fraction of sp³-hybridized carbons (Fsp3) is 0.0909. The molecule has 2 nitrogen and oxygen atoms in total. The maximum Gasteiger partial charge on any atom is 0.138 e. The maximum atomic E-state index is 14.5. The topological polar surface area (TPSA) is 25.8 Å². The molecule has 4 rings (SSSR count). The van der Waals surface area contributed by atoms with Crippen molar-refractivity contribution in [1.29, 1.82) is 0 Å². The Bertz CT molecular complexity index is 1150. The summed E-state index contributed by atoms with van der Waals surface area (Å²) in [6, 6.07) is 14.1. The van der Waals surface area contributed by atoms with Crippen LogP contribution in [0.4, 0.5) is 13.2 Å². The Morgan fingerprint density at radius 1 is 0.667 bits per heavy atom. The van der Waals surface area contributed by atoms with Crippen LogP contribution in [0, 0.1) is 31.3 Å². The highest BCUT2D eigenvalue weighted by Gasteiger charge is 2.21. The van der Waals surface area contributed by atoms with Crippen LogP contribution in [0.2, 0.25) is 0 Å². The highest BCUT2D eigenvalue weighted by molar-refractivity contribution is 5.87. The lowest BCUT2D eigenvalue weighted by Gasteiger charge is -2.13. The first-order chi connectivity index (χ1) is 12.9. The van der Waals surface area contributed by atoms with E-state index in [1.165, 1.54) is 0 Å². The summed E-state index contributed by atoms with van der Waals surface area (Å²) in [5, 5.41) is 0. The summed E-state index contributed by atoms with van der Waals surface area (Å²) >= 11 is 0. The Morgan fingerprint density at radius 2 is 1.19 bits per heavy atom. The summed E-state index contributed by atoms with van der Waals surface area (Å²) in [5.41, 5.74) is 3.87. The number of aromatic nitrogens is 2. The van der Waals surface area contributed by atoms with Crippen LogP contribution >= 0.6 is 0 Å². The summed E-state index contributed by atoms with van der Waals surface area (Å²) in [7, 11) is 0. The number of benzene rings is 3. The molecule has 0 amide bonds. The van der Waals surface area contributed by atoms with E-state index < -0.39 is 17.5 Å². The van der Waals surface area contributed by atoms with Crippen molar-refractivity contribution in [2.75, 3.05) is 0 Å². The van der Waals surface area contributed by atoms with Gasteiger partial charge in [-0.1, -0.05) is 30.3 Å². The second-order valence-electron chi connectivity index (χ2n) is 6.46. The van der Waals surface area contributed by atoms with Crippen LogP contribution < -0.4 is 0 Å². The van der Waals surface area contributed by atoms with E-state index in [0.717, 1.165) is 11.1 Å². The Labute approximate surface area is 154 Å². The first kappa shape index (κ1) is 17.2. The SMILES string of the molecule is Cc1cc2nc(-c3ccccc3)c(-c3c(F)cc(F)cc3F)nc2cc1C. The van der Waals surface area contributed by atoms with Gasteiger partial charge in [0.25, 0.3) is 0 Å². The molecule has 0 radical (unpaired) electrons. The predicted molar refractivity (Wildman–Crippen MR) is 99.8 cm³/mol. The number of aryl methyl sites for hydroxylation is 2. The van der Waals surface area contributed by atoms with Crippen molar-refractivity contribution in [2.24, 2.45) is 0 Å². The van der Waals surface area contributed by atoms with Crippen molar-refractivity contribution in [3.8, 4) is 22.5 Å². The van der Waals surface area contributed by atoms with Crippen LogP contribution in [0.25, 0.3) is 33.5 Å². The molecule has 4 aromatic rings. The monoisotopic (exact) mass is 364 g/mol. The average molecular weight is 364 g/mol. The third kappa shape index (κ3) is 3.05. The number of hydrogen-bond acceptors (Lipinski definition) is 2. The summed E-state index contributed by atoms with van der Waals surface area (Å²) in [4.78, 5) is 9.15. The largest absolute Gasteiger partial charge is 0.244 e. The molecule has 134 valence electrons. The second-order valence-corrected chi connectivity index (χ2v) is 6.46. The third-order valence-electron chi connectivity index (χ3n) is 4.57. The van der Waals surface area contributed by atoms with Gasteiger partial charge in [0.15, 0.2) is 0 Å². The van der Waals surface area contributed by atoms with E-state index in [2.05, 4.69) is 9.97 Å². The lowest BCUT2D eigenvalue weighted by molar-refractivity contribution is 0.547. The van der Waals surface area contributed by atoms with Gasteiger partial charge < -0.3 is 0 Å². The van der Waals surface area contributed by atoms with Crippen LogP contribution in [-0.4, -0.2) is 9.97 Å². The molecular formula is C22H15F3N2. The van der Waals surface area contributed by atoms with Crippen LogP contribution in [-0.2, 0) is 0 Å². The number of fused-ring (bicyclic) bond motifs is 1. The van der Waals surface area contributed by atoms with Gasteiger partial charge >= 0.3 is 0 Å². The second kappa shape index (κ2) is 6.50. The van der Waals surface area contributed by atoms with E-state index in [0.29, 0.717) is 34.4 Å². The van der Waals surface area contributed by atoms with E-state index in [1.807, 2.05) is 44.2 Å². The molecule has 0 saturated carbocycles. The van der Waals surface area contributed by atoms with Gasteiger partial charge in [0.1, 0.15) is 23.1 Å². The van der Waals surface area contributed by atoms with Crippen molar-refractivity contribution in [1.82, 2.24) is 9.97 Å². The maximum absolute atomic E-state index is 14.5. The lowest BCUT2D eigenvalue weighted by Crippen LogP contribution is -2.01. The standard InChI is InChI=1S/C22H15F3N2/c1-12-8-18-19(9-13(12)2)27-22(20-16(24)10-15(23)11-17(20)25)21(26-18)14-6-4-3-5-7-14/h3-11H,1-2H3. The average Bonchev–Trinajstić information content (AvgIpc) is 2.62. The first-order valence-corrected chi connectivity index (χ1v) is 8.43. The van der Waals surface area contributed by atoms with Crippen molar-refractivity contribution in [2.45, 2.75) is 13.8 Å². The molecule has 1 heterocycles. The van der Waals surface area contributed by atoms with Crippen LogP contribution in [0.1, 0.15) is 11.1 Å². The smallest absolute Gasteiger partial charge is 0.138 e. The summed E-state index contributed by atoms with van der Waals surface area (Å²) < 4.78 is 42.4. The van der Waals surface area contributed by atoms with Crippen LogP contribution in [0.5, 0.6) is 0 Å². The van der Waals surface area contributed by atoms with Gasteiger partial charge in [-0.15, -0.1) is 0 Å². The molecule has 0 N–H and O–H groups in total. The van der Waals surface area contributed by atoms with Crippen molar-refractivity contribution in [3.63, 3.8) is 0 Å². The van der Waals surface area contributed by atoms with E-state index in [1.54, 1.807) is 12.1 Å². The molecule has 3 aromatic carbocycles. The van der Waals surface area contributed by atoms with Gasteiger partial charge in [0.05, 0.1) is 22.3 Å². The fourth-order valence-corrected chi connectivity index (χ4v) is 3.05. The molecule has 5 heteroatoms. The fourth-order valence-electron chi connectivity index (χ4n) is 3.05. The van der Waals surface area contributed by atoms with Gasteiger partial charge in [-0.3, -0.25) is 0 Å². The van der Waals surface area contributed by atoms with Gasteiger partial charge in [-0.05, 0) is 37.1 Å². The Hall–Kier alpha value is -3.21. The molecule has 0 fully saturated rings. The zero-order chi connectivity index (χ0) is 19.1. The van der Waals surface area contributed by atoms with E-state index in [-0.39, 0.29) is 11.3 Å². The highest BCUT2D eigenvalue weighted by Crippen LogP contribution is 2.34. The van der Waals surface area contributed by atoms with E-state index in [9.17, 15) is 13.2 Å². The molecular weight excluding hydrogens is 349 g/mol. The van der Waals surface area contributed by atoms with Crippen LogP contribution in [0.3, 0.4) is 0 Å². The summed E-state index contributed by atoms with van der Waals surface area (Å²) in [5.74, 6) is -3.00. The number of halogens is 3. The minimum Gasteiger partial charge on any atom is -0.244 e. The Balaban J connectivity index is 2.11. The molecule has 0 saturated heterocycles. The number of rotatable bonds is 2. The molecule has 27 heavy (non-hydrogen) atoms. The molecule has 0 bridgehead atoms. The minimum absolute atomic E-state index is 0.0481. The molecule has 0 unspecified atom stereocenters. The first-order valence-electron chi connectivity index (χ1n) is 8.43. The van der Waals surface area contributed by atoms with Gasteiger partial charge in [-0.25, -0.2) is 23.1 Å². The zero-order valence-corrected chi connectivity index (χ0v) is 14.7. The minimum atomic E-state index is -1.01. The molecule has 1 aromatic heterocycles. The van der Waals surface area contributed by atoms with E-state index in [4.69, 9.17) is 0 Å². The normalized spacial score (nSPS) is 11.1. The molecule has 0 aliphatic carbocycles. The molecule has 0 aliphatic heterocycles. The van der Waals surface area contributed by atoms with Crippen LogP contribution in [0.15, 0.2) is 54.6 Å². The van der Waals surface area contributed by atoms with Crippen molar-refractivity contribution >= 4 is 11.0 Å². The number of hydrogen-bond donors (Lipinski definition) is 0. The summed E-state index contributed by atoms with van der Waals surface area (Å²) in [6.07, 6.45) is 0. The van der Waals surface area contributed by atoms with Crippen molar-refractivity contribution < 1.29 is 13.2 Å². The Morgan fingerprint density at radius 3 is 1.74 bits per heavy atom. The molecule has 0 atom stereocenters. The van der Waals surface area contributed by atoms with Gasteiger partial charge in [0.2, 0.25) is 0 Å². The third-order valence-corrected chi connectivity index (χ3v) is 4.57. The van der Waals surface area contributed by atoms with Gasteiger partial charge in [-0.2, -0.15) is 0 Å². The highest BCUT2D eigenvalue weighted by atomic mass is 19.1. The van der Waals surface area contributed by atoms with Gasteiger partial charge in [0, 0.05) is 17.7 Å². The zero-order valence-electron chi connectivity index (χ0n) is 14.7. The lowest BCUT2D eigenvalue weighted by atomic mass is 10.0. The molecule has 0 spiro atoms. The van der Waals surface area contributed by atoms with E-state index >= 15 is 0 Å². The summed E-state index contributed by atoms with van der Waals surface area (Å²) in [6.45, 7) is 3.89. The molecule has 0 aliphatic rings. The Kier molecular flexibility index (Phi) is 4.15. The van der Waals surface area contributed by atoms with Crippen molar-refractivity contribution in [3.05, 3.63) is 83.2 Å². The predicted octanol–water partition coefficient (Wildman–Crippen LogP) is 6.00. The quantitative estimate of drug-likeness (QED) is 0.436.